The Kier molecular flexibility index (Phi) is 11.7. The average Bonchev–Trinajstić information content (AvgIpc) is 3.20. The van der Waals surface area contributed by atoms with Crippen molar-refractivity contribution in [2.45, 2.75) is 58.7 Å². The number of nitrogens with zero attached hydrogens (tertiary/aromatic N) is 3. The maximum absolute atomic E-state index is 12.5. The molecule has 2 saturated heterocycles. The number of rotatable bonds is 6. The van der Waals surface area contributed by atoms with Gasteiger partial charge in [0.15, 0.2) is 5.96 Å². The Morgan fingerprint density at radius 2 is 1.80 bits per heavy atom. The summed E-state index contributed by atoms with van der Waals surface area (Å²) in [6.45, 7) is 13.0. The van der Waals surface area contributed by atoms with Gasteiger partial charge in [-0.1, -0.05) is 0 Å². The van der Waals surface area contributed by atoms with Crippen LogP contribution in [-0.2, 0) is 14.3 Å². The van der Waals surface area contributed by atoms with Crippen LogP contribution in [0.25, 0.3) is 0 Å². The maximum atomic E-state index is 12.5. The molecule has 10 heteroatoms. The molecule has 0 radical (unpaired) electrons. The zero-order valence-electron chi connectivity index (χ0n) is 18.7. The van der Waals surface area contributed by atoms with Gasteiger partial charge in [-0.15, -0.1) is 24.0 Å². The molecule has 0 saturated carbocycles. The number of carbonyl (C=O) groups excluding carboxylic acids is 2. The van der Waals surface area contributed by atoms with E-state index in [-0.39, 0.29) is 36.0 Å². The molecule has 30 heavy (non-hydrogen) atoms. The Labute approximate surface area is 197 Å². The number of nitrogens with one attached hydrogen (secondary N) is 2. The van der Waals surface area contributed by atoms with Gasteiger partial charge in [0.25, 0.3) is 5.91 Å². The molecule has 2 heterocycles. The van der Waals surface area contributed by atoms with Gasteiger partial charge in [0.05, 0.1) is 0 Å². The van der Waals surface area contributed by atoms with Crippen LogP contribution in [0.15, 0.2) is 4.99 Å². The normalized spacial score (nSPS) is 19.9. The number of piperazine rings is 1. The highest BCUT2D eigenvalue weighted by Gasteiger charge is 2.30. The second kappa shape index (κ2) is 13.2. The van der Waals surface area contributed by atoms with Gasteiger partial charge in [0.1, 0.15) is 11.7 Å². The summed E-state index contributed by atoms with van der Waals surface area (Å²) in [5.41, 5.74) is -0.492. The van der Waals surface area contributed by atoms with Gasteiger partial charge in [-0.05, 0) is 47.0 Å². The van der Waals surface area contributed by atoms with Crippen LogP contribution in [0.3, 0.4) is 0 Å². The van der Waals surface area contributed by atoms with Gasteiger partial charge in [-0.2, -0.15) is 0 Å². The van der Waals surface area contributed by atoms with E-state index in [1.54, 1.807) is 0 Å². The van der Waals surface area contributed by atoms with E-state index in [4.69, 9.17) is 9.47 Å². The number of guanidine groups is 1. The first-order valence-electron chi connectivity index (χ1n) is 10.7. The zero-order valence-corrected chi connectivity index (χ0v) is 21.1. The van der Waals surface area contributed by atoms with Gasteiger partial charge >= 0.3 is 6.09 Å². The van der Waals surface area contributed by atoms with Gasteiger partial charge in [-0.25, -0.2) is 4.79 Å². The van der Waals surface area contributed by atoms with Crippen LogP contribution >= 0.6 is 24.0 Å². The molecule has 2 rings (SSSR count). The Bertz CT molecular complexity index is 568. The first kappa shape index (κ1) is 26.7. The van der Waals surface area contributed by atoms with E-state index in [1.165, 1.54) is 0 Å². The van der Waals surface area contributed by atoms with E-state index in [9.17, 15) is 9.59 Å². The fourth-order valence-electron chi connectivity index (χ4n) is 3.31. The second-order valence-electron chi connectivity index (χ2n) is 8.33. The van der Waals surface area contributed by atoms with Crippen molar-refractivity contribution in [2.24, 2.45) is 4.99 Å². The van der Waals surface area contributed by atoms with Crippen LogP contribution in [0.5, 0.6) is 0 Å². The van der Waals surface area contributed by atoms with Crippen molar-refractivity contribution in [1.29, 1.82) is 0 Å². The lowest BCUT2D eigenvalue weighted by atomic mass is 10.2. The SMILES string of the molecule is CCNC(=NCCCNC(=O)OC(C)(C)C)N1CCN(C(=O)C2CCCO2)CC1.I. The van der Waals surface area contributed by atoms with E-state index in [0.29, 0.717) is 32.8 Å². The molecule has 9 nitrogen and oxygen atoms in total. The minimum absolute atomic E-state index is 0. The van der Waals surface area contributed by atoms with Gasteiger partial charge in [-0.3, -0.25) is 9.79 Å². The third-order valence-electron chi connectivity index (χ3n) is 4.70. The summed E-state index contributed by atoms with van der Waals surface area (Å²) < 4.78 is 10.7. The molecule has 2 aliphatic rings. The van der Waals surface area contributed by atoms with Crippen LogP contribution in [-0.4, -0.2) is 91.9 Å². The fourth-order valence-corrected chi connectivity index (χ4v) is 3.31. The molecule has 2 fully saturated rings. The van der Waals surface area contributed by atoms with Crippen molar-refractivity contribution >= 4 is 41.9 Å². The average molecular weight is 539 g/mol. The predicted molar refractivity (Wildman–Crippen MR) is 127 cm³/mol. The minimum atomic E-state index is -0.492. The van der Waals surface area contributed by atoms with E-state index in [1.807, 2.05) is 32.6 Å². The van der Waals surface area contributed by atoms with Crippen LogP contribution in [0, 0.1) is 0 Å². The lowest BCUT2D eigenvalue weighted by Gasteiger charge is -2.37. The molecule has 2 amide bonds. The summed E-state index contributed by atoms with van der Waals surface area (Å²) >= 11 is 0. The van der Waals surface area contributed by atoms with Crippen LogP contribution in [0.2, 0.25) is 0 Å². The molecule has 2 N–H and O–H groups in total. The third kappa shape index (κ3) is 9.23. The Morgan fingerprint density at radius 3 is 2.37 bits per heavy atom. The number of halogens is 1. The topological polar surface area (TPSA) is 95.5 Å². The Balaban J connectivity index is 0.00000450. The summed E-state index contributed by atoms with van der Waals surface area (Å²) in [6, 6.07) is 0. The number of aliphatic imine (C=N–C) groups is 1. The number of hydrogen-bond donors (Lipinski definition) is 2. The molecule has 1 atom stereocenters. The molecule has 0 aromatic heterocycles. The largest absolute Gasteiger partial charge is 0.444 e. The van der Waals surface area contributed by atoms with Crippen molar-refractivity contribution in [2.75, 3.05) is 52.4 Å². The smallest absolute Gasteiger partial charge is 0.407 e. The Morgan fingerprint density at radius 1 is 1.13 bits per heavy atom. The van der Waals surface area contributed by atoms with E-state index >= 15 is 0 Å². The molecule has 2 aliphatic heterocycles. The number of amides is 2. The lowest BCUT2D eigenvalue weighted by Crippen LogP contribution is -2.55. The highest BCUT2D eigenvalue weighted by atomic mass is 127. The first-order chi connectivity index (χ1) is 13.8. The van der Waals surface area contributed by atoms with Gasteiger partial charge in [0, 0.05) is 52.4 Å². The number of ether oxygens (including phenoxy) is 2. The summed E-state index contributed by atoms with van der Waals surface area (Å²) in [5.74, 6) is 0.978. The minimum Gasteiger partial charge on any atom is -0.444 e. The van der Waals surface area contributed by atoms with Crippen LogP contribution in [0.1, 0.15) is 47.0 Å². The fraction of sp³-hybridized carbons (Fsp3) is 0.850. The highest BCUT2D eigenvalue weighted by Crippen LogP contribution is 2.16. The molecule has 0 aromatic rings. The van der Waals surface area contributed by atoms with E-state index < -0.39 is 11.7 Å². The molecule has 0 bridgehead atoms. The molecule has 174 valence electrons. The van der Waals surface area contributed by atoms with E-state index in [0.717, 1.165) is 44.9 Å². The predicted octanol–water partition coefficient (Wildman–Crippen LogP) is 1.81. The molecule has 0 spiro atoms. The number of alkyl carbamates (subject to hydrolysis) is 1. The summed E-state index contributed by atoms with van der Waals surface area (Å²) in [5, 5.41) is 6.07. The highest BCUT2D eigenvalue weighted by molar-refractivity contribution is 14.0. The van der Waals surface area contributed by atoms with Crippen LogP contribution < -0.4 is 10.6 Å². The summed E-state index contributed by atoms with van der Waals surface area (Å²) in [4.78, 5) is 32.9. The van der Waals surface area contributed by atoms with Crippen LogP contribution in [0.4, 0.5) is 4.79 Å². The zero-order chi connectivity index (χ0) is 21.3. The first-order valence-corrected chi connectivity index (χ1v) is 10.7. The summed E-state index contributed by atoms with van der Waals surface area (Å²) in [7, 11) is 0. The van der Waals surface area contributed by atoms with Crippen molar-refractivity contribution in [3.63, 3.8) is 0 Å². The molecule has 1 unspecified atom stereocenters. The quantitative estimate of drug-likeness (QED) is 0.232. The van der Waals surface area contributed by atoms with E-state index in [2.05, 4.69) is 20.5 Å². The number of hydrogen-bond acceptors (Lipinski definition) is 5. The van der Waals surface area contributed by atoms with Crippen molar-refractivity contribution in [1.82, 2.24) is 20.4 Å². The van der Waals surface area contributed by atoms with Crippen molar-refractivity contribution in [3.05, 3.63) is 0 Å². The molecule has 0 aliphatic carbocycles. The third-order valence-corrected chi connectivity index (χ3v) is 4.70. The molecule has 0 aromatic carbocycles. The monoisotopic (exact) mass is 539 g/mol. The maximum Gasteiger partial charge on any atom is 0.407 e. The van der Waals surface area contributed by atoms with Gasteiger partial charge < -0.3 is 29.9 Å². The summed E-state index contributed by atoms with van der Waals surface area (Å²) in [6.07, 6.45) is 1.88. The van der Waals surface area contributed by atoms with Crippen molar-refractivity contribution < 1.29 is 19.1 Å². The Hall–Kier alpha value is -1.30. The van der Waals surface area contributed by atoms with Crippen molar-refractivity contribution in [3.8, 4) is 0 Å². The lowest BCUT2D eigenvalue weighted by molar-refractivity contribution is -0.142. The van der Waals surface area contributed by atoms with Gasteiger partial charge in [0.2, 0.25) is 0 Å². The standard InChI is InChI=1S/C20H37N5O4.HI/c1-5-21-18(22-9-7-10-23-19(27)29-20(2,3)4)25-13-11-24(12-14-25)17(26)16-8-6-15-28-16;/h16H,5-15H2,1-4H3,(H,21,22)(H,23,27);1H. The molecular formula is C20H38IN5O4. The molecular weight excluding hydrogens is 501 g/mol. The second-order valence-corrected chi connectivity index (χ2v) is 8.33. The number of carbonyl (C=O) groups is 2.